The Balaban J connectivity index is 1.70. The van der Waals surface area contributed by atoms with Crippen LogP contribution in [0, 0.1) is 0 Å². The van der Waals surface area contributed by atoms with Gasteiger partial charge in [0.1, 0.15) is 0 Å². The van der Waals surface area contributed by atoms with Crippen molar-refractivity contribution in [1.82, 2.24) is 20.4 Å². The molecule has 1 fully saturated rings. The zero-order chi connectivity index (χ0) is 14.4. The van der Waals surface area contributed by atoms with E-state index in [-0.39, 0.29) is 0 Å². The van der Waals surface area contributed by atoms with Gasteiger partial charge in [-0.15, -0.1) is 5.10 Å². The molecule has 0 bridgehead atoms. The van der Waals surface area contributed by atoms with Crippen LogP contribution < -0.4 is 10.1 Å². The third-order valence-corrected chi connectivity index (χ3v) is 3.76. The van der Waals surface area contributed by atoms with Gasteiger partial charge in [-0.05, 0) is 38.9 Å². The molecule has 1 aliphatic heterocycles. The molecule has 0 radical (unpaired) electrons. The molecule has 5 nitrogen and oxygen atoms in total. The normalized spacial score (nSPS) is 19.7. The third-order valence-electron chi connectivity index (χ3n) is 3.76. The van der Waals surface area contributed by atoms with Crippen LogP contribution in [0.3, 0.4) is 0 Å². The quantitative estimate of drug-likeness (QED) is 0.824. The number of rotatable bonds is 7. The summed E-state index contributed by atoms with van der Waals surface area (Å²) in [6.45, 7) is 6.91. The zero-order valence-corrected chi connectivity index (χ0v) is 12.8. The first kappa shape index (κ1) is 15.2. The summed E-state index contributed by atoms with van der Waals surface area (Å²) in [4.78, 5) is 2.41. The summed E-state index contributed by atoms with van der Waals surface area (Å²) >= 11 is 0. The number of nitrogens with one attached hydrogen (secondary N) is 1. The van der Waals surface area contributed by atoms with Crippen molar-refractivity contribution in [3.05, 3.63) is 17.8 Å². The topological polar surface area (TPSA) is 50.3 Å². The highest BCUT2D eigenvalue weighted by Gasteiger charge is 2.20. The van der Waals surface area contributed by atoms with E-state index < -0.39 is 0 Å². The molecule has 20 heavy (non-hydrogen) atoms. The van der Waals surface area contributed by atoms with E-state index in [2.05, 4.69) is 41.3 Å². The van der Waals surface area contributed by atoms with E-state index in [1.165, 1.54) is 19.4 Å². The van der Waals surface area contributed by atoms with Gasteiger partial charge in [0.05, 0.1) is 12.3 Å². The SMILES string of the molecule is CC(C)NCc1ccc(OCCC2CCCN2C)nn1. The second-order valence-corrected chi connectivity index (χ2v) is 5.81. The molecule has 1 unspecified atom stereocenters. The van der Waals surface area contributed by atoms with Crippen LogP contribution in [0.5, 0.6) is 5.88 Å². The van der Waals surface area contributed by atoms with Crippen LogP contribution in [0.4, 0.5) is 0 Å². The summed E-state index contributed by atoms with van der Waals surface area (Å²) in [5.74, 6) is 0.624. The van der Waals surface area contributed by atoms with Gasteiger partial charge in [-0.2, -0.15) is 5.10 Å². The van der Waals surface area contributed by atoms with Crippen molar-refractivity contribution in [2.75, 3.05) is 20.2 Å². The summed E-state index contributed by atoms with van der Waals surface area (Å²) < 4.78 is 5.68. The van der Waals surface area contributed by atoms with E-state index in [0.717, 1.165) is 18.7 Å². The summed E-state index contributed by atoms with van der Waals surface area (Å²) in [7, 11) is 2.19. The largest absolute Gasteiger partial charge is 0.477 e. The first-order chi connectivity index (χ1) is 9.65. The molecule has 2 heterocycles. The molecule has 2 rings (SSSR count). The van der Waals surface area contributed by atoms with Crippen LogP contribution in [-0.4, -0.2) is 47.4 Å². The monoisotopic (exact) mass is 278 g/mol. The lowest BCUT2D eigenvalue weighted by atomic mass is 10.1. The van der Waals surface area contributed by atoms with E-state index in [4.69, 9.17) is 4.74 Å². The molecule has 112 valence electrons. The minimum atomic E-state index is 0.455. The van der Waals surface area contributed by atoms with Crippen molar-refractivity contribution >= 4 is 0 Å². The van der Waals surface area contributed by atoms with Crippen LogP contribution >= 0.6 is 0 Å². The highest BCUT2D eigenvalue weighted by molar-refractivity contribution is 5.11. The summed E-state index contributed by atoms with van der Waals surface area (Å²) in [6.07, 6.45) is 3.65. The second kappa shape index (κ2) is 7.55. The van der Waals surface area contributed by atoms with E-state index in [1.807, 2.05) is 12.1 Å². The van der Waals surface area contributed by atoms with Gasteiger partial charge in [0.15, 0.2) is 0 Å². The maximum absolute atomic E-state index is 5.68. The predicted octanol–water partition coefficient (Wildman–Crippen LogP) is 1.84. The van der Waals surface area contributed by atoms with Crippen LogP contribution in [0.15, 0.2) is 12.1 Å². The van der Waals surface area contributed by atoms with Gasteiger partial charge in [0.2, 0.25) is 5.88 Å². The molecular formula is C15H26N4O. The lowest BCUT2D eigenvalue weighted by molar-refractivity contribution is 0.227. The number of aromatic nitrogens is 2. The fourth-order valence-electron chi connectivity index (χ4n) is 2.47. The molecule has 1 aromatic heterocycles. The Morgan fingerprint density at radius 3 is 2.85 bits per heavy atom. The first-order valence-electron chi connectivity index (χ1n) is 7.54. The van der Waals surface area contributed by atoms with E-state index in [0.29, 0.717) is 24.6 Å². The second-order valence-electron chi connectivity index (χ2n) is 5.81. The summed E-state index contributed by atoms with van der Waals surface area (Å²) in [6, 6.07) is 5.00. The average molecular weight is 278 g/mol. The van der Waals surface area contributed by atoms with Gasteiger partial charge in [-0.1, -0.05) is 13.8 Å². The minimum Gasteiger partial charge on any atom is -0.477 e. The fraction of sp³-hybridized carbons (Fsp3) is 0.733. The Morgan fingerprint density at radius 2 is 2.25 bits per heavy atom. The molecule has 0 saturated carbocycles. The lowest BCUT2D eigenvalue weighted by Gasteiger charge is -2.18. The molecule has 1 saturated heterocycles. The van der Waals surface area contributed by atoms with Crippen molar-refractivity contribution in [3.8, 4) is 5.88 Å². The maximum atomic E-state index is 5.68. The van der Waals surface area contributed by atoms with Gasteiger partial charge in [-0.3, -0.25) is 0 Å². The van der Waals surface area contributed by atoms with Gasteiger partial charge >= 0.3 is 0 Å². The van der Waals surface area contributed by atoms with Gasteiger partial charge in [-0.25, -0.2) is 0 Å². The van der Waals surface area contributed by atoms with E-state index in [9.17, 15) is 0 Å². The van der Waals surface area contributed by atoms with Gasteiger partial charge < -0.3 is 15.0 Å². The Hall–Kier alpha value is -1.20. The highest BCUT2D eigenvalue weighted by atomic mass is 16.5. The van der Waals surface area contributed by atoms with Crippen LogP contribution in [0.2, 0.25) is 0 Å². The molecule has 1 N–H and O–H groups in total. The molecule has 1 aliphatic rings. The van der Waals surface area contributed by atoms with Crippen molar-refractivity contribution in [1.29, 1.82) is 0 Å². The third kappa shape index (κ3) is 4.72. The Kier molecular flexibility index (Phi) is 5.73. The molecule has 0 aliphatic carbocycles. The van der Waals surface area contributed by atoms with Crippen molar-refractivity contribution < 1.29 is 4.74 Å². The maximum Gasteiger partial charge on any atom is 0.233 e. The average Bonchev–Trinajstić information content (AvgIpc) is 2.83. The molecule has 1 aromatic rings. The molecule has 1 atom stereocenters. The molecule has 5 heteroatoms. The molecular weight excluding hydrogens is 252 g/mol. The smallest absolute Gasteiger partial charge is 0.233 e. The number of ether oxygens (including phenoxy) is 1. The Bertz CT molecular complexity index is 393. The highest BCUT2D eigenvalue weighted by Crippen LogP contribution is 2.18. The van der Waals surface area contributed by atoms with E-state index >= 15 is 0 Å². The van der Waals surface area contributed by atoms with Gasteiger partial charge in [0.25, 0.3) is 0 Å². The first-order valence-corrected chi connectivity index (χ1v) is 7.54. The number of likely N-dealkylation sites (tertiary alicyclic amines) is 1. The Labute approximate surface area is 121 Å². The predicted molar refractivity (Wildman–Crippen MR) is 79.8 cm³/mol. The van der Waals surface area contributed by atoms with Crippen molar-refractivity contribution in [2.45, 2.75) is 51.7 Å². The molecule has 0 spiro atoms. The Morgan fingerprint density at radius 1 is 1.40 bits per heavy atom. The summed E-state index contributed by atoms with van der Waals surface area (Å²) in [5, 5.41) is 11.6. The lowest BCUT2D eigenvalue weighted by Crippen LogP contribution is -2.26. The fourth-order valence-corrected chi connectivity index (χ4v) is 2.47. The summed E-state index contributed by atoms with van der Waals surface area (Å²) in [5.41, 5.74) is 0.946. The van der Waals surface area contributed by atoms with Gasteiger partial charge in [0, 0.05) is 24.7 Å². The van der Waals surface area contributed by atoms with E-state index in [1.54, 1.807) is 0 Å². The van der Waals surface area contributed by atoms with Crippen LogP contribution in [0.1, 0.15) is 38.8 Å². The number of hydrogen-bond acceptors (Lipinski definition) is 5. The zero-order valence-electron chi connectivity index (χ0n) is 12.8. The minimum absolute atomic E-state index is 0.455. The van der Waals surface area contributed by atoms with Crippen molar-refractivity contribution in [3.63, 3.8) is 0 Å². The molecule has 0 amide bonds. The van der Waals surface area contributed by atoms with Crippen LogP contribution in [0.25, 0.3) is 0 Å². The molecule has 0 aromatic carbocycles. The van der Waals surface area contributed by atoms with Crippen molar-refractivity contribution in [2.24, 2.45) is 0 Å². The number of hydrogen-bond donors (Lipinski definition) is 1. The number of nitrogens with zero attached hydrogens (tertiary/aromatic N) is 3. The van der Waals surface area contributed by atoms with Crippen LogP contribution in [-0.2, 0) is 6.54 Å². The standard InChI is InChI=1S/C15H26N4O/c1-12(2)16-11-13-6-7-15(18-17-13)20-10-8-14-5-4-9-19(14)3/h6-7,12,14,16H,4-5,8-11H2,1-3H3.